The number of pyridine rings is 1. The van der Waals surface area contributed by atoms with E-state index >= 15 is 0 Å². The number of nitrogens with one attached hydrogen (secondary N) is 2. The zero-order chi connectivity index (χ0) is 16.3. The van der Waals surface area contributed by atoms with Crippen molar-refractivity contribution in [3.63, 3.8) is 0 Å². The zero-order valence-electron chi connectivity index (χ0n) is 13.4. The summed E-state index contributed by atoms with van der Waals surface area (Å²) in [6.07, 6.45) is 9.65. The molecule has 0 radical (unpaired) electrons. The summed E-state index contributed by atoms with van der Waals surface area (Å²) in [6, 6.07) is 1.03. The standard InChI is InChI=1S/C17H25N3O3/c21-14-10-15(22)18-11-13(14)16(23)19-12-17(6-2-1-3-7-17)20-8-4-5-9-20/h10-11H,1-9,12H2,(H,19,23)(H2,18,21,22). The first-order valence-electron chi connectivity index (χ1n) is 8.56. The maximum Gasteiger partial charge on any atom is 0.256 e. The minimum Gasteiger partial charge on any atom is -0.507 e. The molecular formula is C17H25N3O3. The Bertz CT molecular complexity index is 614. The van der Waals surface area contributed by atoms with Crippen LogP contribution in [0, 0.1) is 0 Å². The van der Waals surface area contributed by atoms with E-state index in [-0.39, 0.29) is 22.8 Å². The van der Waals surface area contributed by atoms with Crippen molar-refractivity contribution < 1.29 is 9.90 Å². The molecule has 0 spiro atoms. The van der Waals surface area contributed by atoms with E-state index in [0.29, 0.717) is 6.54 Å². The van der Waals surface area contributed by atoms with Crippen LogP contribution in [-0.2, 0) is 0 Å². The molecule has 6 nitrogen and oxygen atoms in total. The Hall–Kier alpha value is -1.82. The highest BCUT2D eigenvalue weighted by Gasteiger charge is 2.39. The summed E-state index contributed by atoms with van der Waals surface area (Å²) in [5.74, 6) is -0.604. The maximum atomic E-state index is 12.4. The van der Waals surface area contributed by atoms with Crippen molar-refractivity contribution in [1.82, 2.24) is 15.2 Å². The van der Waals surface area contributed by atoms with Crippen LogP contribution in [0.15, 0.2) is 17.1 Å². The number of amides is 1. The Kier molecular flexibility index (Phi) is 4.71. The molecule has 1 aliphatic carbocycles. The van der Waals surface area contributed by atoms with Gasteiger partial charge in [0.1, 0.15) is 5.75 Å². The van der Waals surface area contributed by atoms with Gasteiger partial charge in [-0.15, -0.1) is 0 Å². The average Bonchev–Trinajstić information content (AvgIpc) is 3.09. The molecule has 1 aromatic rings. The monoisotopic (exact) mass is 319 g/mol. The third-order valence-corrected chi connectivity index (χ3v) is 5.29. The Morgan fingerprint density at radius 2 is 1.91 bits per heavy atom. The summed E-state index contributed by atoms with van der Waals surface area (Å²) in [4.78, 5) is 28.5. The fraction of sp³-hybridized carbons (Fsp3) is 0.647. The molecule has 0 unspecified atom stereocenters. The quantitative estimate of drug-likeness (QED) is 0.787. The largest absolute Gasteiger partial charge is 0.507 e. The summed E-state index contributed by atoms with van der Waals surface area (Å²) in [6.45, 7) is 2.82. The first-order chi connectivity index (χ1) is 11.1. The number of aromatic amines is 1. The van der Waals surface area contributed by atoms with Crippen molar-refractivity contribution in [2.75, 3.05) is 19.6 Å². The van der Waals surface area contributed by atoms with Crippen LogP contribution in [0.25, 0.3) is 0 Å². The van der Waals surface area contributed by atoms with Crippen LogP contribution in [0.5, 0.6) is 5.75 Å². The lowest BCUT2D eigenvalue weighted by molar-refractivity contribution is 0.0651. The number of carbonyl (C=O) groups is 1. The zero-order valence-corrected chi connectivity index (χ0v) is 13.4. The van der Waals surface area contributed by atoms with Crippen LogP contribution in [0.2, 0.25) is 0 Å². The van der Waals surface area contributed by atoms with E-state index in [2.05, 4.69) is 15.2 Å². The van der Waals surface area contributed by atoms with Gasteiger partial charge >= 0.3 is 0 Å². The molecule has 6 heteroatoms. The van der Waals surface area contributed by atoms with Crippen molar-refractivity contribution in [2.45, 2.75) is 50.5 Å². The van der Waals surface area contributed by atoms with Crippen molar-refractivity contribution in [2.24, 2.45) is 0 Å². The second-order valence-electron chi connectivity index (χ2n) is 6.76. The van der Waals surface area contributed by atoms with E-state index in [1.54, 1.807) is 0 Å². The first kappa shape index (κ1) is 16.1. The van der Waals surface area contributed by atoms with Gasteiger partial charge in [-0.05, 0) is 38.8 Å². The fourth-order valence-electron chi connectivity index (χ4n) is 3.99. The van der Waals surface area contributed by atoms with Gasteiger partial charge in [0.25, 0.3) is 11.5 Å². The second-order valence-corrected chi connectivity index (χ2v) is 6.76. The molecule has 2 fully saturated rings. The molecule has 126 valence electrons. The van der Waals surface area contributed by atoms with Crippen molar-refractivity contribution in [3.05, 3.63) is 28.2 Å². The van der Waals surface area contributed by atoms with Gasteiger partial charge < -0.3 is 15.4 Å². The Morgan fingerprint density at radius 3 is 2.57 bits per heavy atom. The molecule has 23 heavy (non-hydrogen) atoms. The van der Waals surface area contributed by atoms with Gasteiger partial charge in [-0.1, -0.05) is 19.3 Å². The minimum absolute atomic E-state index is 0.0578. The summed E-state index contributed by atoms with van der Waals surface area (Å²) in [5, 5.41) is 12.8. The van der Waals surface area contributed by atoms with Gasteiger partial charge in [0, 0.05) is 24.3 Å². The maximum absolute atomic E-state index is 12.4. The topological polar surface area (TPSA) is 85.4 Å². The van der Waals surface area contributed by atoms with Crippen molar-refractivity contribution in [1.29, 1.82) is 0 Å². The minimum atomic E-state index is -0.417. The Morgan fingerprint density at radius 1 is 1.22 bits per heavy atom. The molecule has 1 amide bonds. The van der Waals surface area contributed by atoms with Gasteiger partial charge in [0.2, 0.25) is 0 Å². The van der Waals surface area contributed by atoms with Crippen LogP contribution in [0.1, 0.15) is 55.3 Å². The van der Waals surface area contributed by atoms with Gasteiger partial charge in [-0.25, -0.2) is 0 Å². The molecule has 0 bridgehead atoms. The van der Waals surface area contributed by atoms with E-state index in [0.717, 1.165) is 32.0 Å². The van der Waals surface area contributed by atoms with Crippen LogP contribution in [0.3, 0.4) is 0 Å². The molecule has 2 aliphatic rings. The number of rotatable bonds is 4. The Balaban J connectivity index is 1.70. The molecule has 0 atom stereocenters. The van der Waals surface area contributed by atoms with Crippen LogP contribution >= 0.6 is 0 Å². The third-order valence-electron chi connectivity index (χ3n) is 5.29. The first-order valence-corrected chi connectivity index (χ1v) is 8.56. The normalized spacial score (nSPS) is 21.2. The molecule has 3 rings (SSSR count). The SMILES string of the molecule is O=C(NCC1(N2CCCC2)CCCCC1)c1c[nH]c(=O)cc1O. The fourth-order valence-corrected chi connectivity index (χ4v) is 3.99. The molecule has 1 saturated heterocycles. The molecule has 0 aromatic carbocycles. The molecule has 1 saturated carbocycles. The lowest BCUT2D eigenvalue weighted by Gasteiger charge is -2.45. The molecule has 2 heterocycles. The molecule has 1 aromatic heterocycles. The van der Waals surface area contributed by atoms with Gasteiger partial charge in [-0.2, -0.15) is 0 Å². The van der Waals surface area contributed by atoms with E-state index in [4.69, 9.17) is 0 Å². The van der Waals surface area contributed by atoms with Gasteiger partial charge in [-0.3, -0.25) is 14.5 Å². The predicted molar refractivity (Wildman–Crippen MR) is 87.7 cm³/mol. The number of hydrogen-bond acceptors (Lipinski definition) is 4. The van der Waals surface area contributed by atoms with E-state index in [9.17, 15) is 14.7 Å². The lowest BCUT2D eigenvalue weighted by atomic mass is 9.80. The molecule has 3 N–H and O–H groups in total. The van der Waals surface area contributed by atoms with E-state index < -0.39 is 5.56 Å². The number of H-pyrrole nitrogens is 1. The number of nitrogens with zero attached hydrogens (tertiary/aromatic N) is 1. The van der Waals surface area contributed by atoms with Crippen molar-refractivity contribution in [3.8, 4) is 5.75 Å². The highest BCUT2D eigenvalue weighted by molar-refractivity contribution is 5.96. The van der Waals surface area contributed by atoms with Gasteiger partial charge in [0.15, 0.2) is 0 Å². The number of likely N-dealkylation sites (tertiary alicyclic amines) is 1. The van der Waals surface area contributed by atoms with Crippen molar-refractivity contribution >= 4 is 5.91 Å². The lowest BCUT2D eigenvalue weighted by Crippen LogP contribution is -2.55. The Labute approximate surface area is 135 Å². The smallest absolute Gasteiger partial charge is 0.256 e. The summed E-state index contributed by atoms with van der Waals surface area (Å²) in [5.41, 5.74) is -0.237. The van der Waals surface area contributed by atoms with E-state index in [1.165, 1.54) is 38.3 Å². The number of aromatic nitrogens is 1. The number of aromatic hydroxyl groups is 1. The predicted octanol–water partition coefficient (Wildman–Crippen LogP) is 1.61. The average molecular weight is 319 g/mol. The second kappa shape index (κ2) is 6.74. The highest BCUT2D eigenvalue weighted by Crippen LogP contribution is 2.35. The third kappa shape index (κ3) is 3.42. The molecule has 1 aliphatic heterocycles. The molecular weight excluding hydrogens is 294 g/mol. The highest BCUT2D eigenvalue weighted by atomic mass is 16.3. The van der Waals surface area contributed by atoms with Crippen LogP contribution in [-0.4, -0.2) is 46.1 Å². The number of hydrogen-bond donors (Lipinski definition) is 3. The summed E-state index contributed by atoms with van der Waals surface area (Å²) >= 11 is 0. The van der Waals surface area contributed by atoms with Gasteiger partial charge in [0.05, 0.1) is 5.56 Å². The van der Waals surface area contributed by atoms with Crippen LogP contribution in [0.4, 0.5) is 0 Å². The number of carbonyl (C=O) groups excluding carboxylic acids is 1. The summed E-state index contributed by atoms with van der Waals surface area (Å²) < 4.78 is 0. The summed E-state index contributed by atoms with van der Waals surface area (Å²) in [7, 11) is 0. The van der Waals surface area contributed by atoms with E-state index in [1.807, 2.05) is 0 Å². The van der Waals surface area contributed by atoms with Crippen LogP contribution < -0.4 is 10.9 Å².